The summed E-state index contributed by atoms with van der Waals surface area (Å²) >= 11 is 0. The molecule has 0 atom stereocenters. The van der Waals surface area contributed by atoms with E-state index in [1.807, 2.05) is 11.0 Å². The Balaban J connectivity index is 0.00000225. The van der Waals surface area contributed by atoms with E-state index in [9.17, 15) is 14.3 Å². The molecule has 2 aliphatic heterocycles. The molecule has 0 bridgehead atoms. The van der Waals surface area contributed by atoms with Gasteiger partial charge in [0.15, 0.2) is 0 Å². The number of rotatable bonds is 4. The summed E-state index contributed by atoms with van der Waals surface area (Å²) in [6.07, 6.45) is 2.80. The molecule has 1 amide bonds. The Labute approximate surface area is 154 Å². The lowest BCUT2D eigenvalue weighted by molar-refractivity contribution is -0.125. The van der Waals surface area contributed by atoms with E-state index < -0.39 is 0 Å². The van der Waals surface area contributed by atoms with Crippen LogP contribution < -0.4 is 15.5 Å². The van der Waals surface area contributed by atoms with Crippen molar-refractivity contribution < 1.29 is 14.3 Å². The van der Waals surface area contributed by atoms with Crippen molar-refractivity contribution in [3.63, 3.8) is 0 Å². The molecule has 0 aliphatic carbocycles. The number of hydrogen-bond donors (Lipinski definition) is 3. The summed E-state index contributed by atoms with van der Waals surface area (Å²) in [7, 11) is 0. The van der Waals surface area contributed by atoms with E-state index in [2.05, 4.69) is 10.6 Å². The summed E-state index contributed by atoms with van der Waals surface area (Å²) in [5.74, 6) is -0.138. The van der Waals surface area contributed by atoms with Gasteiger partial charge < -0.3 is 20.6 Å². The largest absolute Gasteiger partial charge is 0.393 e. The Morgan fingerprint density at radius 1 is 1.24 bits per heavy atom. The van der Waals surface area contributed by atoms with Crippen LogP contribution in [-0.2, 0) is 11.3 Å². The van der Waals surface area contributed by atoms with E-state index in [4.69, 9.17) is 0 Å². The first-order chi connectivity index (χ1) is 11.6. The molecule has 5 nitrogen and oxygen atoms in total. The van der Waals surface area contributed by atoms with Gasteiger partial charge >= 0.3 is 0 Å². The normalized spacial score (nSPS) is 19.4. The molecule has 0 saturated carbocycles. The molecule has 2 saturated heterocycles. The van der Waals surface area contributed by atoms with Crippen LogP contribution in [0.2, 0.25) is 0 Å². The second-order valence-corrected chi connectivity index (χ2v) is 6.75. The van der Waals surface area contributed by atoms with Gasteiger partial charge in [-0.1, -0.05) is 6.07 Å². The SMILES string of the molecule is Cl.O=C(NCc1ccc(N2CCC(O)CC2)c(F)c1)C1CCNCC1. The van der Waals surface area contributed by atoms with Crippen LogP contribution in [0, 0.1) is 11.7 Å². The quantitative estimate of drug-likeness (QED) is 0.755. The number of benzene rings is 1. The van der Waals surface area contributed by atoms with Gasteiger partial charge in [-0.05, 0) is 56.5 Å². The summed E-state index contributed by atoms with van der Waals surface area (Å²) < 4.78 is 14.4. The molecule has 3 rings (SSSR count). The molecule has 0 spiro atoms. The third kappa shape index (κ3) is 5.30. The van der Waals surface area contributed by atoms with E-state index in [-0.39, 0.29) is 36.2 Å². The number of nitrogens with one attached hydrogen (secondary N) is 2. The summed E-state index contributed by atoms with van der Waals surface area (Å²) in [5, 5.41) is 15.7. The van der Waals surface area contributed by atoms with E-state index in [0.29, 0.717) is 38.2 Å². The number of halogens is 2. The summed E-state index contributed by atoms with van der Waals surface area (Å²) in [4.78, 5) is 14.1. The average molecular weight is 372 g/mol. The third-order valence-corrected chi connectivity index (χ3v) is 4.99. The van der Waals surface area contributed by atoms with Crippen molar-refractivity contribution >= 4 is 24.0 Å². The smallest absolute Gasteiger partial charge is 0.223 e. The number of hydrogen-bond acceptors (Lipinski definition) is 4. The van der Waals surface area contributed by atoms with Crippen LogP contribution in [-0.4, -0.2) is 43.3 Å². The van der Waals surface area contributed by atoms with Gasteiger partial charge in [0.2, 0.25) is 5.91 Å². The number of amides is 1. The molecular weight excluding hydrogens is 345 g/mol. The number of carbonyl (C=O) groups excluding carboxylic acids is 1. The van der Waals surface area contributed by atoms with E-state index in [0.717, 1.165) is 31.5 Å². The molecule has 25 heavy (non-hydrogen) atoms. The molecule has 0 unspecified atom stereocenters. The van der Waals surface area contributed by atoms with Crippen molar-refractivity contribution in [1.29, 1.82) is 0 Å². The van der Waals surface area contributed by atoms with Gasteiger partial charge in [0.25, 0.3) is 0 Å². The zero-order valence-corrected chi connectivity index (χ0v) is 15.2. The molecule has 1 aromatic rings. The highest BCUT2D eigenvalue weighted by Crippen LogP contribution is 2.24. The molecule has 0 aromatic heterocycles. The molecule has 1 aromatic carbocycles. The number of anilines is 1. The number of nitrogens with zero attached hydrogens (tertiary/aromatic N) is 1. The van der Waals surface area contributed by atoms with Crippen LogP contribution in [0.5, 0.6) is 0 Å². The van der Waals surface area contributed by atoms with Gasteiger partial charge in [0.05, 0.1) is 11.8 Å². The summed E-state index contributed by atoms with van der Waals surface area (Å²) in [5.41, 5.74) is 1.35. The number of piperidine rings is 2. The number of carbonyl (C=O) groups is 1. The molecular formula is C18H27ClFN3O2. The predicted octanol–water partition coefficient (Wildman–Crippen LogP) is 1.82. The van der Waals surface area contributed by atoms with Crippen molar-refractivity contribution in [1.82, 2.24) is 10.6 Å². The lowest BCUT2D eigenvalue weighted by atomic mass is 9.97. The van der Waals surface area contributed by atoms with E-state index in [1.54, 1.807) is 6.07 Å². The zero-order valence-electron chi connectivity index (χ0n) is 14.3. The van der Waals surface area contributed by atoms with Gasteiger partial charge in [-0.25, -0.2) is 4.39 Å². The Bertz CT molecular complexity index is 573. The van der Waals surface area contributed by atoms with Crippen LogP contribution in [0.3, 0.4) is 0 Å². The van der Waals surface area contributed by atoms with Gasteiger partial charge in [-0.3, -0.25) is 4.79 Å². The molecule has 2 fully saturated rings. The first-order valence-corrected chi connectivity index (χ1v) is 8.83. The van der Waals surface area contributed by atoms with Crippen molar-refractivity contribution in [2.24, 2.45) is 5.92 Å². The molecule has 2 heterocycles. The highest BCUT2D eigenvalue weighted by atomic mass is 35.5. The topological polar surface area (TPSA) is 64.6 Å². The van der Waals surface area contributed by atoms with Gasteiger partial charge in [-0.2, -0.15) is 0 Å². The van der Waals surface area contributed by atoms with Crippen LogP contribution in [0.1, 0.15) is 31.2 Å². The Hall–Kier alpha value is -1.37. The lowest BCUT2D eigenvalue weighted by Crippen LogP contribution is -2.38. The highest BCUT2D eigenvalue weighted by molar-refractivity contribution is 5.85. The standard InChI is InChI=1S/C18H26FN3O2.ClH/c19-16-11-13(12-21-18(24)14-3-7-20-8-4-14)1-2-17(16)22-9-5-15(23)6-10-22;/h1-2,11,14-15,20,23H,3-10,12H2,(H,21,24);1H. The zero-order chi connectivity index (χ0) is 16.9. The Morgan fingerprint density at radius 2 is 1.92 bits per heavy atom. The Morgan fingerprint density at radius 3 is 2.56 bits per heavy atom. The fraction of sp³-hybridized carbons (Fsp3) is 0.611. The molecule has 2 aliphatic rings. The van der Waals surface area contributed by atoms with Crippen LogP contribution in [0.25, 0.3) is 0 Å². The highest BCUT2D eigenvalue weighted by Gasteiger charge is 2.21. The maximum Gasteiger partial charge on any atom is 0.223 e. The van der Waals surface area contributed by atoms with Crippen LogP contribution in [0.4, 0.5) is 10.1 Å². The first kappa shape index (κ1) is 19.9. The van der Waals surface area contributed by atoms with Crippen LogP contribution >= 0.6 is 12.4 Å². The maximum absolute atomic E-state index is 14.4. The maximum atomic E-state index is 14.4. The van der Waals surface area contributed by atoms with Crippen LogP contribution in [0.15, 0.2) is 18.2 Å². The monoisotopic (exact) mass is 371 g/mol. The second kappa shape index (κ2) is 9.36. The number of aliphatic hydroxyl groups excluding tert-OH is 1. The van der Waals surface area contributed by atoms with Gasteiger partial charge in [-0.15, -0.1) is 12.4 Å². The molecule has 3 N–H and O–H groups in total. The number of aliphatic hydroxyl groups is 1. The summed E-state index contributed by atoms with van der Waals surface area (Å²) in [6, 6.07) is 5.15. The molecule has 0 radical (unpaired) electrons. The Kier molecular flexibility index (Phi) is 7.47. The average Bonchev–Trinajstić information content (AvgIpc) is 2.61. The fourth-order valence-corrected chi connectivity index (χ4v) is 3.44. The van der Waals surface area contributed by atoms with Gasteiger partial charge in [0.1, 0.15) is 5.82 Å². The van der Waals surface area contributed by atoms with Crippen molar-refractivity contribution in [3.05, 3.63) is 29.6 Å². The van der Waals surface area contributed by atoms with E-state index >= 15 is 0 Å². The first-order valence-electron chi connectivity index (χ1n) is 8.83. The van der Waals surface area contributed by atoms with Crippen molar-refractivity contribution in [2.75, 3.05) is 31.1 Å². The van der Waals surface area contributed by atoms with Gasteiger partial charge in [0, 0.05) is 25.6 Å². The van der Waals surface area contributed by atoms with E-state index in [1.165, 1.54) is 6.07 Å². The second-order valence-electron chi connectivity index (χ2n) is 6.75. The molecule has 7 heteroatoms. The molecule has 140 valence electrons. The summed E-state index contributed by atoms with van der Waals surface area (Å²) in [6.45, 7) is 3.46. The fourth-order valence-electron chi connectivity index (χ4n) is 3.44. The minimum absolute atomic E-state index is 0. The third-order valence-electron chi connectivity index (χ3n) is 4.99. The van der Waals surface area contributed by atoms with Crippen molar-refractivity contribution in [2.45, 2.75) is 38.3 Å². The minimum Gasteiger partial charge on any atom is -0.393 e. The predicted molar refractivity (Wildman–Crippen MR) is 98.5 cm³/mol. The van der Waals surface area contributed by atoms with Crippen molar-refractivity contribution in [3.8, 4) is 0 Å². The lowest BCUT2D eigenvalue weighted by Gasteiger charge is -2.31. The minimum atomic E-state index is -0.270.